The molecular formula is C13H25N3O2. The first kappa shape index (κ1) is 13.6. The number of rotatable bonds is 4. The molecule has 0 aromatic heterocycles. The molecule has 0 aromatic carbocycles. The van der Waals surface area contributed by atoms with Gasteiger partial charge in [0, 0.05) is 32.2 Å². The van der Waals surface area contributed by atoms with Crippen molar-refractivity contribution in [2.24, 2.45) is 0 Å². The molecule has 0 radical (unpaired) electrons. The second-order valence-corrected chi connectivity index (χ2v) is 5.25. The first-order valence-corrected chi connectivity index (χ1v) is 7.08. The molecule has 2 aliphatic rings. The van der Waals surface area contributed by atoms with Crippen LogP contribution in [0.3, 0.4) is 0 Å². The summed E-state index contributed by atoms with van der Waals surface area (Å²) in [6.07, 6.45) is 5.34. The highest BCUT2D eigenvalue weighted by molar-refractivity contribution is 5.74. The predicted molar refractivity (Wildman–Crippen MR) is 70.7 cm³/mol. The van der Waals surface area contributed by atoms with Crippen molar-refractivity contribution in [1.29, 1.82) is 0 Å². The maximum Gasteiger partial charge on any atom is 0.317 e. The molecule has 0 spiro atoms. The molecule has 1 aliphatic carbocycles. The van der Waals surface area contributed by atoms with Crippen LogP contribution in [0.1, 0.15) is 25.7 Å². The summed E-state index contributed by atoms with van der Waals surface area (Å²) in [5.74, 6) is 0. The third-order valence-electron chi connectivity index (χ3n) is 3.99. The van der Waals surface area contributed by atoms with E-state index < -0.39 is 0 Å². The molecule has 2 fully saturated rings. The van der Waals surface area contributed by atoms with Crippen molar-refractivity contribution in [1.82, 2.24) is 15.1 Å². The second-order valence-electron chi connectivity index (χ2n) is 5.25. The summed E-state index contributed by atoms with van der Waals surface area (Å²) >= 11 is 0. The fourth-order valence-electron chi connectivity index (χ4n) is 2.75. The number of ether oxygens (including phenoxy) is 1. The van der Waals surface area contributed by atoms with Crippen LogP contribution in [0.5, 0.6) is 0 Å². The predicted octanol–water partition coefficient (Wildman–Crippen LogP) is 0.903. The van der Waals surface area contributed by atoms with Gasteiger partial charge >= 0.3 is 6.03 Å². The van der Waals surface area contributed by atoms with E-state index in [1.807, 2.05) is 4.90 Å². The van der Waals surface area contributed by atoms with Crippen molar-refractivity contribution in [3.8, 4) is 0 Å². The maximum atomic E-state index is 11.8. The van der Waals surface area contributed by atoms with Crippen LogP contribution in [0.4, 0.5) is 4.79 Å². The molecule has 1 aliphatic heterocycles. The van der Waals surface area contributed by atoms with Gasteiger partial charge < -0.3 is 19.9 Å². The summed E-state index contributed by atoms with van der Waals surface area (Å²) in [5, 5.41) is 3.00. The summed E-state index contributed by atoms with van der Waals surface area (Å²) < 4.78 is 5.23. The summed E-state index contributed by atoms with van der Waals surface area (Å²) in [4.78, 5) is 16.1. The third-order valence-corrected chi connectivity index (χ3v) is 3.99. The molecule has 0 unspecified atom stereocenters. The van der Waals surface area contributed by atoms with Crippen molar-refractivity contribution in [2.75, 3.05) is 46.4 Å². The monoisotopic (exact) mass is 255 g/mol. The minimum atomic E-state index is 0.0538. The molecule has 0 bridgehead atoms. The quantitative estimate of drug-likeness (QED) is 0.812. The SMILES string of the molecule is CN(CCNC(=O)N1CCOCC1)C1CCCC1. The number of carbonyl (C=O) groups excluding carboxylic acids is 1. The highest BCUT2D eigenvalue weighted by atomic mass is 16.5. The minimum absolute atomic E-state index is 0.0538. The van der Waals surface area contributed by atoms with Gasteiger partial charge in [0.2, 0.25) is 0 Å². The second kappa shape index (κ2) is 6.95. The number of hydrogen-bond acceptors (Lipinski definition) is 3. The number of hydrogen-bond donors (Lipinski definition) is 1. The van der Waals surface area contributed by atoms with Gasteiger partial charge in [-0.3, -0.25) is 0 Å². The van der Waals surface area contributed by atoms with E-state index in [4.69, 9.17) is 4.74 Å². The molecule has 5 nitrogen and oxygen atoms in total. The Labute approximate surface area is 109 Å². The number of nitrogens with one attached hydrogen (secondary N) is 1. The molecular weight excluding hydrogens is 230 g/mol. The molecule has 0 atom stereocenters. The molecule has 2 amide bonds. The van der Waals surface area contributed by atoms with Crippen molar-refractivity contribution >= 4 is 6.03 Å². The molecule has 1 N–H and O–H groups in total. The highest BCUT2D eigenvalue weighted by Crippen LogP contribution is 2.21. The number of urea groups is 1. The number of likely N-dealkylation sites (N-methyl/N-ethyl adjacent to an activating group) is 1. The molecule has 0 aromatic rings. The first-order valence-electron chi connectivity index (χ1n) is 7.08. The zero-order valence-corrected chi connectivity index (χ0v) is 11.4. The van der Waals surface area contributed by atoms with E-state index in [1.165, 1.54) is 25.7 Å². The largest absolute Gasteiger partial charge is 0.378 e. The fourth-order valence-corrected chi connectivity index (χ4v) is 2.75. The van der Waals surface area contributed by atoms with E-state index in [-0.39, 0.29) is 6.03 Å². The summed E-state index contributed by atoms with van der Waals surface area (Å²) in [7, 11) is 2.16. The van der Waals surface area contributed by atoms with Crippen LogP contribution >= 0.6 is 0 Å². The Morgan fingerprint density at radius 3 is 2.67 bits per heavy atom. The van der Waals surface area contributed by atoms with E-state index in [0.717, 1.165) is 19.1 Å². The zero-order chi connectivity index (χ0) is 12.8. The van der Waals surface area contributed by atoms with Crippen LogP contribution in [0.15, 0.2) is 0 Å². The van der Waals surface area contributed by atoms with E-state index in [9.17, 15) is 4.79 Å². The molecule has 1 saturated heterocycles. The van der Waals surface area contributed by atoms with Crippen molar-refractivity contribution in [3.63, 3.8) is 0 Å². The van der Waals surface area contributed by atoms with Gasteiger partial charge in [0.1, 0.15) is 0 Å². The van der Waals surface area contributed by atoms with Crippen molar-refractivity contribution < 1.29 is 9.53 Å². The van der Waals surface area contributed by atoms with E-state index in [1.54, 1.807) is 0 Å². The average molecular weight is 255 g/mol. The summed E-state index contributed by atoms with van der Waals surface area (Å²) in [5.41, 5.74) is 0. The van der Waals surface area contributed by atoms with E-state index in [2.05, 4.69) is 17.3 Å². The van der Waals surface area contributed by atoms with Gasteiger partial charge in [0.05, 0.1) is 13.2 Å². The summed E-state index contributed by atoms with van der Waals surface area (Å²) in [6.45, 7) is 4.43. The Morgan fingerprint density at radius 1 is 1.33 bits per heavy atom. The van der Waals surface area contributed by atoms with Crippen LogP contribution in [0.25, 0.3) is 0 Å². The van der Waals surface area contributed by atoms with Crippen LogP contribution in [0, 0.1) is 0 Å². The van der Waals surface area contributed by atoms with E-state index in [0.29, 0.717) is 26.3 Å². The Balaban J connectivity index is 1.60. The lowest BCUT2D eigenvalue weighted by atomic mass is 10.2. The van der Waals surface area contributed by atoms with Gasteiger partial charge in [0.15, 0.2) is 0 Å². The highest BCUT2D eigenvalue weighted by Gasteiger charge is 2.20. The van der Waals surface area contributed by atoms with Crippen molar-refractivity contribution in [2.45, 2.75) is 31.7 Å². The zero-order valence-electron chi connectivity index (χ0n) is 11.4. The van der Waals surface area contributed by atoms with Crippen LogP contribution in [-0.4, -0.2) is 68.3 Å². The summed E-state index contributed by atoms with van der Waals surface area (Å²) in [6, 6.07) is 0.781. The molecule has 1 saturated carbocycles. The third kappa shape index (κ3) is 3.85. The number of amides is 2. The normalized spacial score (nSPS) is 21.6. The molecule has 2 rings (SSSR count). The van der Waals surface area contributed by atoms with Crippen LogP contribution < -0.4 is 5.32 Å². The van der Waals surface area contributed by atoms with Gasteiger partial charge in [-0.2, -0.15) is 0 Å². The minimum Gasteiger partial charge on any atom is -0.378 e. The van der Waals surface area contributed by atoms with Gasteiger partial charge in [0.25, 0.3) is 0 Å². The van der Waals surface area contributed by atoms with E-state index >= 15 is 0 Å². The van der Waals surface area contributed by atoms with Gasteiger partial charge in [-0.05, 0) is 19.9 Å². The number of nitrogens with zero attached hydrogens (tertiary/aromatic N) is 2. The smallest absolute Gasteiger partial charge is 0.317 e. The standard InChI is InChI=1S/C13H25N3O2/c1-15(12-4-2-3-5-12)7-6-14-13(17)16-8-10-18-11-9-16/h12H,2-11H2,1H3,(H,14,17). The number of carbonyl (C=O) groups is 1. The maximum absolute atomic E-state index is 11.8. The Hall–Kier alpha value is -0.810. The Morgan fingerprint density at radius 2 is 2.00 bits per heavy atom. The molecule has 1 heterocycles. The van der Waals surface area contributed by atoms with Crippen molar-refractivity contribution in [3.05, 3.63) is 0 Å². The lowest BCUT2D eigenvalue weighted by Crippen LogP contribution is -2.48. The number of morpholine rings is 1. The Bertz CT molecular complexity index is 261. The molecule has 104 valence electrons. The lowest BCUT2D eigenvalue weighted by Gasteiger charge is -2.28. The fraction of sp³-hybridized carbons (Fsp3) is 0.923. The average Bonchev–Trinajstić information content (AvgIpc) is 2.93. The van der Waals surface area contributed by atoms with Gasteiger partial charge in [-0.1, -0.05) is 12.8 Å². The Kier molecular flexibility index (Phi) is 5.26. The van der Waals surface area contributed by atoms with Gasteiger partial charge in [-0.25, -0.2) is 4.79 Å². The topological polar surface area (TPSA) is 44.8 Å². The molecule has 18 heavy (non-hydrogen) atoms. The lowest BCUT2D eigenvalue weighted by molar-refractivity contribution is 0.0530. The van der Waals surface area contributed by atoms with Gasteiger partial charge in [-0.15, -0.1) is 0 Å². The van der Waals surface area contributed by atoms with Crippen LogP contribution in [-0.2, 0) is 4.74 Å². The molecule has 5 heteroatoms. The van der Waals surface area contributed by atoms with Crippen LogP contribution in [0.2, 0.25) is 0 Å². The first-order chi connectivity index (χ1) is 8.77.